The van der Waals surface area contributed by atoms with Gasteiger partial charge in [0.15, 0.2) is 17.3 Å². The summed E-state index contributed by atoms with van der Waals surface area (Å²) in [7, 11) is 3.13. The summed E-state index contributed by atoms with van der Waals surface area (Å²) >= 11 is 1.48. The van der Waals surface area contributed by atoms with Crippen molar-refractivity contribution in [3.8, 4) is 22.9 Å². The maximum Gasteiger partial charge on any atom is 0.235 e. The Bertz CT molecular complexity index is 1030. The molecular formula is C20H19N3O4S. The van der Waals surface area contributed by atoms with Crippen LogP contribution in [0.5, 0.6) is 17.2 Å². The Balaban J connectivity index is 1.86. The van der Waals surface area contributed by atoms with Crippen LogP contribution < -0.4 is 14.8 Å². The number of rotatable bonds is 4. The van der Waals surface area contributed by atoms with Gasteiger partial charge in [0.05, 0.1) is 36.6 Å². The molecule has 8 heteroatoms. The van der Waals surface area contributed by atoms with Gasteiger partial charge < -0.3 is 19.9 Å². The number of fused-ring (bicyclic) bond motifs is 1. The van der Waals surface area contributed by atoms with Crippen molar-refractivity contribution in [2.24, 2.45) is 0 Å². The number of carbonyl (C=O) groups is 1. The predicted octanol–water partition coefficient (Wildman–Crippen LogP) is 3.37. The van der Waals surface area contributed by atoms with Crippen LogP contribution >= 0.6 is 11.8 Å². The topological polar surface area (TPSA) is 85.6 Å². The van der Waals surface area contributed by atoms with Gasteiger partial charge in [-0.2, -0.15) is 0 Å². The van der Waals surface area contributed by atoms with Gasteiger partial charge in [-0.05, 0) is 29.8 Å². The maximum absolute atomic E-state index is 12.2. The average molecular weight is 397 g/mol. The van der Waals surface area contributed by atoms with Crippen LogP contribution in [0.3, 0.4) is 0 Å². The number of ether oxygens (including phenoxy) is 2. The molecular weight excluding hydrogens is 378 g/mol. The minimum absolute atomic E-state index is 0.0538. The van der Waals surface area contributed by atoms with Crippen molar-refractivity contribution in [3.05, 3.63) is 60.0 Å². The summed E-state index contributed by atoms with van der Waals surface area (Å²) in [5.74, 6) is 1.87. The monoisotopic (exact) mass is 397 g/mol. The Morgan fingerprint density at radius 3 is 2.82 bits per heavy atom. The van der Waals surface area contributed by atoms with Crippen LogP contribution in [-0.4, -0.2) is 40.5 Å². The van der Waals surface area contributed by atoms with Gasteiger partial charge in [-0.3, -0.25) is 9.36 Å². The van der Waals surface area contributed by atoms with Crippen molar-refractivity contribution in [3.63, 3.8) is 0 Å². The largest absolute Gasteiger partial charge is 0.504 e. The number of phenolic OH excluding ortho intramolecular Hbond substituents is 1. The van der Waals surface area contributed by atoms with Crippen LogP contribution in [0.15, 0.2) is 48.8 Å². The summed E-state index contributed by atoms with van der Waals surface area (Å²) < 4.78 is 12.4. The second kappa shape index (κ2) is 7.47. The predicted molar refractivity (Wildman–Crippen MR) is 108 cm³/mol. The van der Waals surface area contributed by atoms with E-state index in [9.17, 15) is 9.90 Å². The number of benzene rings is 2. The molecule has 7 nitrogen and oxygen atoms in total. The van der Waals surface area contributed by atoms with E-state index in [0.29, 0.717) is 11.6 Å². The van der Waals surface area contributed by atoms with Gasteiger partial charge in [0.1, 0.15) is 12.1 Å². The standard InChI is InChI=1S/C20H19N3O4S/c1-26-14-5-3-4-13(9-14)23-11-21-20-18(23)19(28-10-17(25)22-20)12-6-7-16(27-2)15(24)8-12/h3-9,11,19,24H,10H2,1-2H3,(H,22,25)/t19-/m1/s1. The lowest BCUT2D eigenvalue weighted by Gasteiger charge is -2.19. The summed E-state index contributed by atoms with van der Waals surface area (Å²) in [4.78, 5) is 16.6. The lowest BCUT2D eigenvalue weighted by Crippen LogP contribution is -2.12. The van der Waals surface area contributed by atoms with Crippen LogP contribution in [0, 0.1) is 0 Å². The lowest BCUT2D eigenvalue weighted by atomic mass is 10.1. The number of phenols is 1. The van der Waals surface area contributed by atoms with Gasteiger partial charge in [-0.15, -0.1) is 11.8 Å². The molecule has 1 atom stereocenters. The number of hydrogen-bond acceptors (Lipinski definition) is 6. The molecule has 0 aliphatic carbocycles. The quantitative estimate of drug-likeness (QED) is 0.702. The maximum atomic E-state index is 12.2. The Morgan fingerprint density at radius 2 is 2.07 bits per heavy atom. The van der Waals surface area contributed by atoms with Gasteiger partial charge in [0.25, 0.3) is 0 Å². The van der Waals surface area contributed by atoms with E-state index in [-0.39, 0.29) is 22.7 Å². The molecule has 0 unspecified atom stereocenters. The van der Waals surface area contributed by atoms with E-state index in [0.717, 1.165) is 22.7 Å². The number of nitrogens with zero attached hydrogens (tertiary/aromatic N) is 2. The van der Waals surface area contributed by atoms with Crippen LogP contribution in [-0.2, 0) is 4.79 Å². The van der Waals surface area contributed by atoms with Gasteiger partial charge in [0, 0.05) is 6.07 Å². The van der Waals surface area contributed by atoms with Crippen LogP contribution in [0.4, 0.5) is 5.82 Å². The van der Waals surface area contributed by atoms with Gasteiger partial charge in [-0.25, -0.2) is 4.98 Å². The van der Waals surface area contributed by atoms with Crippen molar-refractivity contribution in [2.45, 2.75) is 5.25 Å². The lowest BCUT2D eigenvalue weighted by molar-refractivity contribution is -0.113. The number of imidazole rings is 1. The fourth-order valence-corrected chi connectivity index (χ4v) is 4.31. The molecule has 2 aromatic carbocycles. The zero-order valence-electron chi connectivity index (χ0n) is 15.4. The number of anilines is 1. The van der Waals surface area contributed by atoms with E-state index in [4.69, 9.17) is 9.47 Å². The van der Waals surface area contributed by atoms with Crippen molar-refractivity contribution >= 4 is 23.5 Å². The number of nitrogens with one attached hydrogen (secondary N) is 1. The van der Waals surface area contributed by atoms with Crippen LogP contribution in [0.2, 0.25) is 0 Å². The Hall–Kier alpha value is -3.13. The Kier molecular flexibility index (Phi) is 4.87. The molecule has 1 amide bonds. The average Bonchev–Trinajstić information content (AvgIpc) is 3.04. The number of hydrogen-bond donors (Lipinski definition) is 2. The van der Waals surface area contributed by atoms with E-state index < -0.39 is 0 Å². The molecule has 1 aliphatic rings. The molecule has 0 fully saturated rings. The van der Waals surface area contributed by atoms with E-state index in [1.807, 2.05) is 34.9 Å². The first-order chi connectivity index (χ1) is 13.6. The molecule has 3 aromatic rings. The summed E-state index contributed by atoms with van der Waals surface area (Å²) in [5.41, 5.74) is 2.55. The van der Waals surface area contributed by atoms with Crippen molar-refractivity contribution in [2.75, 3.05) is 25.3 Å². The third kappa shape index (κ3) is 3.27. The Labute approximate surface area is 166 Å². The molecule has 1 aliphatic heterocycles. The molecule has 0 saturated carbocycles. The summed E-state index contributed by atoms with van der Waals surface area (Å²) in [5, 5.41) is 12.9. The number of aromatic hydroxyl groups is 1. The number of methoxy groups -OCH3 is 2. The third-order valence-corrected chi connectivity index (χ3v) is 5.79. The fraction of sp³-hybridized carbons (Fsp3) is 0.200. The highest BCUT2D eigenvalue weighted by atomic mass is 32.2. The molecule has 1 aromatic heterocycles. The normalized spacial score (nSPS) is 16.1. The van der Waals surface area contributed by atoms with Crippen molar-refractivity contribution < 1.29 is 19.4 Å². The molecule has 0 spiro atoms. The first-order valence-corrected chi connectivity index (χ1v) is 9.65. The highest BCUT2D eigenvalue weighted by molar-refractivity contribution is 8.00. The summed E-state index contributed by atoms with van der Waals surface area (Å²) in [6.45, 7) is 0. The van der Waals surface area contributed by atoms with E-state index in [2.05, 4.69) is 10.3 Å². The molecule has 0 saturated heterocycles. The molecule has 28 heavy (non-hydrogen) atoms. The molecule has 2 heterocycles. The van der Waals surface area contributed by atoms with Gasteiger partial charge >= 0.3 is 0 Å². The zero-order valence-corrected chi connectivity index (χ0v) is 16.2. The minimum Gasteiger partial charge on any atom is -0.504 e. The second-order valence-corrected chi connectivity index (χ2v) is 7.31. The van der Waals surface area contributed by atoms with Crippen molar-refractivity contribution in [1.82, 2.24) is 9.55 Å². The molecule has 4 rings (SSSR count). The SMILES string of the molecule is COc1cccc(-n2cnc3c2[C@@H](c2ccc(OC)c(O)c2)SCC(=O)N3)c1. The molecule has 0 radical (unpaired) electrons. The smallest absolute Gasteiger partial charge is 0.235 e. The van der Waals surface area contributed by atoms with E-state index in [1.165, 1.54) is 18.9 Å². The van der Waals surface area contributed by atoms with Crippen LogP contribution in [0.25, 0.3) is 5.69 Å². The summed E-state index contributed by atoms with van der Waals surface area (Å²) in [6, 6.07) is 12.9. The molecule has 0 bridgehead atoms. The number of thioether (sulfide) groups is 1. The molecule has 2 N–H and O–H groups in total. The highest BCUT2D eigenvalue weighted by Gasteiger charge is 2.29. The number of carbonyl (C=O) groups excluding carboxylic acids is 1. The first kappa shape index (κ1) is 18.2. The van der Waals surface area contributed by atoms with Gasteiger partial charge in [0.2, 0.25) is 5.91 Å². The van der Waals surface area contributed by atoms with Crippen LogP contribution in [0.1, 0.15) is 16.5 Å². The zero-order chi connectivity index (χ0) is 19.7. The highest BCUT2D eigenvalue weighted by Crippen LogP contribution is 2.44. The third-order valence-electron chi connectivity index (χ3n) is 4.53. The Morgan fingerprint density at radius 1 is 1.21 bits per heavy atom. The van der Waals surface area contributed by atoms with E-state index >= 15 is 0 Å². The fourth-order valence-electron chi connectivity index (χ4n) is 3.20. The van der Waals surface area contributed by atoms with Crippen molar-refractivity contribution in [1.29, 1.82) is 0 Å². The number of aromatic nitrogens is 2. The molecule has 144 valence electrons. The second-order valence-electron chi connectivity index (χ2n) is 6.22. The van der Waals surface area contributed by atoms with Gasteiger partial charge in [-0.1, -0.05) is 12.1 Å². The van der Waals surface area contributed by atoms with E-state index in [1.54, 1.807) is 25.6 Å². The number of amides is 1. The first-order valence-electron chi connectivity index (χ1n) is 8.60. The summed E-state index contributed by atoms with van der Waals surface area (Å²) in [6.07, 6.45) is 1.68. The minimum atomic E-state index is -0.209.